The zero-order chi connectivity index (χ0) is 13.2. The highest BCUT2D eigenvalue weighted by Gasteiger charge is 2.39. The largest absolute Gasteiger partial charge is 0.477 e. The van der Waals surface area contributed by atoms with Gasteiger partial charge in [-0.1, -0.05) is 6.07 Å². The number of nitrogens with zero attached hydrogens (tertiary/aromatic N) is 3. The van der Waals surface area contributed by atoms with E-state index in [1.807, 2.05) is 32.2 Å². The van der Waals surface area contributed by atoms with Crippen LogP contribution in [0, 0.1) is 19.8 Å². The standard InChI is InChI=1S/C15H17N3O/c1-10-8-17-11(2)18-15(10)19-9-12-7-13(12)14-5-3-4-6-16-14/h3-6,8,12-13H,7,9H2,1-2H3/t12-,13+/m1/s1. The third-order valence-electron chi connectivity index (χ3n) is 3.47. The van der Waals surface area contributed by atoms with Gasteiger partial charge < -0.3 is 4.74 Å². The van der Waals surface area contributed by atoms with Crippen LogP contribution in [0.25, 0.3) is 0 Å². The second-order valence-electron chi connectivity index (χ2n) is 5.07. The minimum absolute atomic E-state index is 0.546. The molecule has 0 aromatic carbocycles. The average Bonchev–Trinajstić information content (AvgIpc) is 3.20. The highest BCUT2D eigenvalue weighted by molar-refractivity contribution is 5.22. The van der Waals surface area contributed by atoms with E-state index in [4.69, 9.17) is 4.74 Å². The molecule has 0 saturated heterocycles. The average molecular weight is 255 g/mol. The Morgan fingerprint density at radius 1 is 1.26 bits per heavy atom. The van der Waals surface area contributed by atoms with E-state index in [9.17, 15) is 0 Å². The van der Waals surface area contributed by atoms with Gasteiger partial charge in [-0.2, -0.15) is 4.98 Å². The molecule has 2 aromatic rings. The van der Waals surface area contributed by atoms with Crippen LogP contribution in [-0.4, -0.2) is 21.6 Å². The Labute approximate surface area is 112 Å². The molecule has 1 fully saturated rings. The molecule has 0 N–H and O–H groups in total. The summed E-state index contributed by atoms with van der Waals surface area (Å²) in [5.41, 5.74) is 2.16. The fourth-order valence-electron chi connectivity index (χ4n) is 2.23. The van der Waals surface area contributed by atoms with Crippen molar-refractivity contribution < 1.29 is 4.74 Å². The smallest absolute Gasteiger partial charge is 0.219 e. The Morgan fingerprint density at radius 2 is 2.16 bits per heavy atom. The summed E-state index contributed by atoms with van der Waals surface area (Å²) in [7, 11) is 0. The Hall–Kier alpha value is -1.97. The quantitative estimate of drug-likeness (QED) is 0.842. The molecule has 3 rings (SSSR count). The van der Waals surface area contributed by atoms with Crippen molar-refractivity contribution in [2.75, 3.05) is 6.61 Å². The second-order valence-corrected chi connectivity index (χ2v) is 5.07. The minimum Gasteiger partial charge on any atom is -0.477 e. The summed E-state index contributed by atoms with van der Waals surface area (Å²) in [5.74, 6) is 2.56. The van der Waals surface area contributed by atoms with Crippen molar-refractivity contribution in [1.82, 2.24) is 15.0 Å². The Bertz CT molecular complexity index is 571. The van der Waals surface area contributed by atoms with Gasteiger partial charge in [0.2, 0.25) is 5.88 Å². The summed E-state index contributed by atoms with van der Waals surface area (Å²) in [4.78, 5) is 12.9. The molecule has 4 heteroatoms. The number of pyridine rings is 1. The van der Waals surface area contributed by atoms with Gasteiger partial charge in [0, 0.05) is 35.5 Å². The molecule has 0 amide bonds. The van der Waals surface area contributed by atoms with Crippen LogP contribution >= 0.6 is 0 Å². The van der Waals surface area contributed by atoms with Crippen molar-refractivity contribution in [2.45, 2.75) is 26.2 Å². The maximum absolute atomic E-state index is 5.81. The Kier molecular flexibility index (Phi) is 3.15. The molecule has 1 aliphatic rings. The van der Waals surface area contributed by atoms with E-state index in [0.717, 1.165) is 17.8 Å². The number of aromatic nitrogens is 3. The van der Waals surface area contributed by atoms with Gasteiger partial charge in [-0.15, -0.1) is 0 Å². The Balaban J connectivity index is 1.59. The number of rotatable bonds is 4. The van der Waals surface area contributed by atoms with Crippen molar-refractivity contribution >= 4 is 0 Å². The predicted molar refractivity (Wildman–Crippen MR) is 72.1 cm³/mol. The van der Waals surface area contributed by atoms with Gasteiger partial charge in [0.05, 0.1) is 6.61 Å². The Morgan fingerprint density at radius 3 is 2.95 bits per heavy atom. The van der Waals surface area contributed by atoms with E-state index in [2.05, 4.69) is 21.0 Å². The van der Waals surface area contributed by atoms with Gasteiger partial charge >= 0.3 is 0 Å². The van der Waals surface area contributed by atoms with Crippen LogP contribution in [0.1, 0.15) is 29.4 Å². The van der Waals surface area contributed by atoms with E-state index in [1.54, 1.807) is 6.20 Å². The first-order chi connectivity index (χ1) is 9.24. The number of hydrogen-bond acceptors (Lipinski definition) is 4. The van der Waals surface area contributed by atoms with Crippen molar-refractivity contribution in [3.05, 3.63) is 47.7 Å². The van der Waals surface area contributed by atoms with Crippen LogP contribution < -0.4 is 4.74 Å². The lowest BCUT2D eigenvalue weighted by Gasteiger charge is -2.07. The van der Waals surface area contributed by atoms with E-state index in [-0.39, 0.29) is 0 Å². The molecule has 4 nitrogen and oxygen atoms in total. The molecule has 98 valence electrons. The number of aryl methyl sites for hydroxylation is 2. The first kappa shape index (κ1) is 12.1. The zero-order valence-corrected chi connectivity index (χ0v) is 11.2. The van der Waals surface area contributed by atoms with Crippen molar-refractivity contribution in [3.63, 3.8) is 0 Å². The predicted octanol–water partition coefficient (Wildman–Crippen LogP) is 2.67. The molecule has 2 aromatic heterocycles. The van der Waals surface area contributed by atoms with Crippen LogP contribution in [0.4, 0.5) is 0 Å². The molecule has 0 spiro atoms. The van der Waals surface area contributed by atoms with Crippen LogP contribution in [-0.2, 0) is 0 Å². The van der Waals surface area contributed by atoms with E-state index in [1.165, 1.54) is 5.69 Å². The topological polar surface area (TPSA) is 47.9 Å². The lowest BCUT2D eigenvalue weighted by atomic mass is 10.2. The van der Waals surface area contributed by atoms with Gasteiger partial charge in [0.1, 0.15) is 5.82 Å². The molecule has 0 radical (unpaired) electrons. The highest BCUT2D eigenvalue weighted by atomic mass is 16.5. The molecular weight excluding hydrogens is 238 g/mol. The lowest BCUT2D eigenvalue weighted by molar-refractivity contribution is 0.282. The summed E-state index contributed by atoms with van der Waals surface area (Å²) in [6.45, 7) is 4.55. The van der Waals surface area contributed by atoms with Gasteiger partial charge in [0.25, 0.3) is 0 Å². The van der Waals surface area contributed by atoms with E-state index in [0.29, 0.717) is 24.3 Å². The molecule has 1 saturated carbocycles. The van der Waals surface area contributed by atoms with Crippen molar-refractivity contribution in [3.8, 4) is 5.88 Å². The molecule has 0 bridgehead atoms. The molecule has 2 heterocycles. The molecule has 1 aliphatic carbocycles. The highest BCUT2D eigenvalue weighted by Crippen LogP contribution is 2.46. The summed E-state index contributed by atoms with van der Waals surface area (Å²) in [5, 5.41) is 0. The summed E-state index contributed by atoms with van der Waals surface area (Å²) < 4.78 is 5.81. The fourth-order valence-corrected chi connectivity index (χ4v) is 2.23. The van der Waals surface area contributed by atoms with Crippen molar-refractivity contribution in [2.24, 2.45) is 5.92 Å². The molecule has 0 aliphatic heterocycles. The van der Waals surface area contributed by atoms with E-state index >= 15 is 0 Å². The first-order valence-electron chi connectivity index (χ1n) is 6.58. The van der Waals surface area contributed by atoms with Gasteiger partial charge in [-0.3, -0.25) is 4.98 Å². The lowest BCUT2D eigenvalue weighted by Crippen LogP contribution is -2.05. The minimum atomic E-state index is 0.546. The summed E-state index contributed by atoms with van der Waals surface area (Å²) in [6, 6.07) is 6.08. The maximum Gasteiger partial charge on any atom is 0.219 e. The molecule has 19 heavy (non-hydrogen) atoms. The number of hydrogen-bond donors (Lipinski definition) is 0. The van der Waals surface area contributed by atoms with Gasteiger partial charge in [-0.05, 0) is 32.4 Å². The van der Waals surface area contributed by atoms with Gasteiger partial charge in [0.15, 0.2) is 0 Å². The van der Waals surface area contributed by atoms with Crippen LogP contribution in [0.15, 0.2) is 30.6 Å². The molecular formula is C15H17N3O. The second kappa shape index (κ2) is 4.96. The fraction of sp³-hybridized carbons (Fsp3) is 0.400. The van der Waals surface area contributed by atoms with Crippen LogP contribution in [0.2, 0.25) is 0 Å². The number of ether oxygens (including phenoxy) is 1. The maximum atomic E-state index is 5.81. The SMILES string of the molecule is Cc1ncc(C)c(OC[C@H]2C[C@@H]2c2ccccn2)n1. The molecule has 0 unspecified atom stereocenters. The third kappa shape index (κ3) is 2.72. The normalized spacial score (nSPS) is 21.2. The zero-order valence-electron chi connectivity index (χ0n) is 11.2. The third-order valence-corrected chi connectivity index (χ3v) is 3.47. The summed E-state index contributed by atoms with van der Waals surface area (Å²) >= 11 is 0. The van der Waals surface area contributed by atoms with Gasteiger partial charge in [-0.25, -0.2) is 4.98 Å². The first-order valence-corrected chi connectivity index (χ1v) is 6.58. The van der Waals surface area contributed by atoms with Crippen LogP contribution in [0.3, 0.4) is 0 Å². The molecule has 2 atom stereocenters. The summed E-state index contributed by atoms with van der Waals surface area (Å²) in [6.07, 6.45) is 4.81. The van der Waals surface area contributed by atoms with E-state index < -0.39 is 0 Å². The van der Waals surface area contributed by atoms with Crippen molar-refractivity contribution in [1.29, 1.82) is 0 Å². The van der Waals surface area contributed by atoms with Crippen LogP contribution in [0.5, 0.6) is 5.88 Å². The monoisotopic (exact) mass is 255 g/mol.